The summed E-state index contributed by atoms with van der Waals surface area (Å²) in [5.41, 5.74) is 1.85. The molecule has 0 bridgehead atoms. The van der Waals surface area contributed by atoms with Gasteiger partial charge in [-0.1, -0.05) is 30.3 Å². The van der Waals surface area contributed by atoms with Crippen LogP contribution >= 0.6 is 0 Å². The quantitative estimate of drug-likeness (QED) is 0.293. The summed E-state index contributed by atoms with van der Waals surface area (Å²) in [4.78, 5) is 13.8. The summed E-state index contributed by atoms with van der Waals surface area (Å²) in [5, 5.41) is 26.7. The normalized spacial score (nSPS) is 12.6. The van der Waals surface area contributed by atoms with Gasteiger partial charge in [-0.3, -0.25) is 0 Å². The van der Waals surface area contributed by atoms with Crippen molar-refractivity contribution in [2.45, 2.75) is 51.9 Å². The van der Waals surface area contributed by atoms with Gasteiger partial charge in [0.2, 0.25) is 5.95 Å². The molecular formula is C25H29FN6O2. The molecule has 0 aliphatic carbocycles. The second kappa shape index (κ2) is 9.64. The lowest BCUT2D eigenvalue weighted by molar-refractivity contribution is 0.0672. The summed E-state index contributed by atoms with van der Waals surface area (Å²) in [5.74, 6) is 0.395. The van der Waals surface area contributed by atoms with Crippen LogP contribution in [-0.2, 0) is 13.1 Å². The number of aliphatic hydroxyl groups is 1. The van der Waals surface area contributed by atoms with Crippen LogP contribution in [-0.4, -0.2) is 41.4 Å². The summed E-state index contributed by atoms with van der Waals surface area (Å²) in [6.07, 6.45) is 2.21. The van der Waals surface area contributed by atoms with E-state index in [-0.39, 0.29) is 18.3 Å². The number of benzene rings is 2. The van der Waals surface area contributed by atoms with Gasteiger partial charge in [-0.05, 0) is 51.0 Å². The lowest BCUT2D eigenvalue weighted by Crippen LogP contribution is -2.29. The van der Waals surface area contributed by atoms with E-state index in [9.17, 15) is 14.6 Å². The zero-order valence-corrected chi connectivity index (χ0v) is 19.5. The van der Waals surface area contributed by atoms with Crippen molar-refractivity contribution >= 4 is 22.9 Å². The van der Waals surface area contributed by atoms with Crippen molar-refractivity contribution in [3.8, 4) is 5.75 Å². The second-order valence-corrected chi connectivity index (χ2v) is 9.11. The van der Waals surface area contributed by atoms with Crippen LogP contribution in [0.25, 0.3) is 11.2 Å². The Balaban J connectivity index is 1.68. The maximum absolute atomic E-state index is 13.7. The number of phenolic OH excluding ortho intramolecular Hbond substituents is 1. The Morgan fingerprint density at radius 2 is 1.88 bits per heavy atom. The van der Waals surface area contributed by atoms with Gasteiger partial charge in [0, 0.05) is 18.2 Å². The molecular weight excluding hydrogens is 435 g/mol. The Bertz CT molecular complexity index is 1270. The standard InChI is InChI=1S/C25H29FN6O2/c1-16(12-25(2,3)34)29-24-30-22(27-13-18-11-19(26)9-10-20(18)33)21-23(31-24)32(15-28-21)14-17-7-5-4-6-8-17/h4-11,15-16,33-34H,12-14H2,1-3H3,(H2,27,29,30,31). The monoisotopic (exact) mass is 464 g/mol. The Labute approximate surface area is 197 Å². The highest BCUT2D eigenvalue weighted by Crippen LogP contribution is 2.25. The van der Waals surface area contributed by atoms with Gasteiger partial charge in [-0.25, -0.2) is 9.37 Å². The van der Waals surface area contributed by atoms with Crippen molar-refractivity contribution in [1.29, 1.82) is 0 Å². The summed E-state index contributed by atoms with van der Waals surface area (Å²) in [6.45, 7) is 6.19. The summed E-state index contributed by atoms with van der Waals surface area (Å²) in [7, 11) is 0. The Morgan fingerprint density at radius 1 is 1.12 bits per heavy atom. The highest BCUT2D eigenvalue weighted by molar-refractivity contribution is 5.84. The predicted molar refractivity (Wildman–Crippen MR) is 130 cm³/mol. The minimum Gasteiger partial charge on any atom is -0.508 e. The smallest absolute Gasteiger partial charge is 0.226 e. The van der Waals surface area contributed by atoms with Gasteiger partial charge in [-0.15, -0.1) is 0 Å². The van der Waals surface area contributed by atoms with E-state index in [1.54, 1.807) is 20.2 Å². The molecule has 0 radical (unpaired) electrons. The number of fused-ring (bicyclic) bond motifs is 1. The highest BCUT2D eigenvalue weighted by Gasteiger charge is 2.20. The molecule has 0 aliphatic heterocycles. The van der Waals surface area contributed by atoms with Crippen molar-refractivity contribution in [2.75, 3.05) is 10.6 Å². The molecule has 0 aliphatic rings. The first-order valence-electron chi connectivity index (χ1n) is 11.1. The molecule has 178 valence electrons. The number of nitrogens with zero attached hydrogens (tertiary/aromatic N) is 4. The minimum atomic E-state index is -0.846. The average Bonchev–Trinajstić information content (AvgIpc) is 3.16. The van der Waals surface area contributed by atoms with Crippen molar-refractivity contribution in [1.82, 2.24) is 19.5 Å². The maximum Gasteiger partial charge on any atom is 0.226 e. The molecule has 1 unspecified atom stereocenters. The van der Waals surface area contributed by atoms with Gasteiger partial charge >= 0.3 is 0 Å². The van der Waals surface area contributed by atoms with E-state index in [0.717, 1.165) is 5.56 Å². The van der Waals surface area contributed by atoms with E-state index in [4.69, 9.17) is 4.98 Å². The molecule has 2 heterocycles. The number of imidazole rings is 1. The van der Waals surface area contributed by atoms with E-state index in [2.05, 4.69) is 20.6 Å². The van der Waals surface area contributed by atoms with Crippen molar-refractivity contribution in [2.24, 2.45) is 0 Å². The number of nitrogens with one attached hydrogen (secondary N) is 2. The van der Waals surface area contributed by atoms with Crippen LogP contribution in [0.5, 0.6) is 5.75 Å². The molecule has 2 aromatic carbocycles. The summed E-state index contributed by atoms with van der Waals surface area (Å²) in [6, 6.07) is 13.7. The molecule has 4 rings (SSSR count). The molecule has 0 saturated carbocycles. The van der Waals surface area contributed by atoms with Gasteiger partial charge in [0.1, 0.15) is 11.6 Å². The zero-order chi connectivity index (χ0) is 24.3. The molecule has 0 saturated heterocycles. The van der Waals surface area contributed by atoms with Gasteiger partial charge in [-0.2, -0.15) is 9.97 Å². The first kappa shape index (κ1) is 23.4. The van der Waals surface area contributed by atoms with E-state index in [1.165, 1.54) is 18.2 Å². The lowest BCUT2D eigenvalue weighted by Gasteiger charge is -2.23. The van der Waals surface area contributed by atoms with E-state index in [0.29, 0.717) is 41.5 Å². The van der Waals surface area contributed by atoms with Crippen LogP contribution in [0, 0.1) is 5.82 Å². The summed E-state index contributed by atoms with van der Waals surface area (Å²) >= 11 is 0. The molecule has 4 aromatic rings. The third kappa shape index (κ3) is 5.79. The van der Waals surface area contributed by atoms with Gasteiger partial charge in [0.15, 0.2) is 17.0 Å². The fourth-order valence-electron chi connectivity index (χ4n) is 3.92. The third-order valence-corrected chi connectivity index (χ3v) is 5.33. The Morgan fingerprint density at radius 3 is 2.62 bits per heavy atom. The Hall–Kier alpha value is -3.72. The molecule has 4 N–H and O–H groups in total. The summed E-state index contributed by atoms with van der Waals surface area (Å²) < 4.78 is 15.6. The van der Waals surface area contributed by atoms with E-state index < -0.39 is 11.4 Å². The number of halogens is 1. The largest absolute Gasteiger partial charge is 0.508 e. The zero-order valence-electron chi connectivity index (χ0n) is 19.5. The third-order valence-electron chi connectivity index (χ3n) is 5.33. The molecule has 0 amide bonds. The fourth-order valence-corrected chi connectivity index (χ4v) is 3.92. The van der Waals surface area contributed by atoms with Gasteiger partial charge < -0.3 is 25.4 Å². The molecule has 2 aromatic heterocycles. The number of aromatic nitrogens is 4. The van der Waals surface area contributed by atoms with E-state index >= 15 is 0 Å². The fraction of sp³-hybridized carbons (Fsp3) is 0.320. The first-order valence-corrected chi connectivity index (χ1v) is 11.1. The SMILES string of the molecule is CC(CC(C)(C)O)Nc1nc(NCc2cc(F)ccc2O)c2ncn(Cc3ccccc3)c2n1. The van der Waals surface area contributed by atoms with E-state index in [1.807, 2.05) is 41.8 Å². The number of anilines is 2. The van der Waals surface area contributed by atoms with Crippen LogP contribution in [0.1, 0.15) is 38.3 Å². The van der Waals surface area contributed by atoms with Crippen molar-refractivity contribution in [3.05, 3.63) is 71.8 Å². The number of rotatable bonds is 9. The predicted octanol–water partition coefficient (Wildman–Crippen LogP) is 4.29. The number of hydrogen-bond donors (Lipinski definition) is 4. The second-order valence-electron chi connectivity index (χ2n) is 9.11. The van der Waals surface area contributed by atoms with Gasteiger partial charge in [0.05, 0.1) is 18.5 Å². The van der Waals surface area contributed by atoms with Crippen LogP contribution in [0.2, 0.25) is 0 Å². The van der Waals surface area contributed by atoms with Crippen LogP contribution in [0.15, 0.2) is 54.9 Å². The van der Waals surface area contributed by atoms with Crippen molar-refractivity contribution < 1.29 is 14.6 Å². The molecule has 8 nitrogen and oxygen atoms in total. The maximum atomic E-state index is 13.7. The number of phenols is 1. The molecule has 9 heteroatoms. The van der Waals surface area contributed by atoms with Gasteiger partial charge in [0.25, 0.3) is 0 Å². The lowest BCUT2D eigenvalue weighted by atomic mass is 10.0. The number of hydrogen-bond acceptors (Lipinski definition) is 7. The molecule has 0 fully saturated rings. The van der Waals surface area contributed by atoms with Crippen LogP contribution in [0.3, 0.4) is 0 Å². The van der Waals surface area contributed by atoms with Crippen LogP contribution < -0.4 is 10.6 Å². The first-order chi connectivity index (χ1) is 16.2. The Kier molecular flexibility index (Phi) is 6.65. The van der Waals surface area contributed by atoms with Crippen LogP contribution in [0.4, 0.5) is 16.2 Å². The average molecular weight is 465 g/mol. The molecule has 1 atom stereocenters. The minimum absolute atomic E-state index is 0.00838. The highest BCUT2D eigenvalue weighted by atomic mass is 19.1. The topological polar surface area (TPSA) is 108 Å². The van der Waals surface area contributed by atoms with Crippen molar-refractivity contribution in [3.63, 3.8) is 0 Å². The number of aromatic hydroxyl groups is 1. The molecule has 34 heavy (non-hydrogen) atoms. The molecule has 0 spiro atoms.